The Morgan fingerprint density at radius 2 is 1.73 bits per heavy atom. The van der Waals surface area contributed by atoms with Crippen molar-refractivity contribution in [2.45, 2.75) is 33.7 Å². The maximum atomic E-state index is 11.0. The SMILES string of the molecule is CC(=O)Nc1ccc(Nc2cc(C)nc(NC(C)C)n2)cc1. The second-order valence-electron chi connectivity index (χ2n) is 5.40. The van der Waals surface area contributed by atoms with Crippen LogP contribution in [0.3, 0.4) is 0 Å². The van der Waals surface area contributed by atoms with Crippen molar-refractivity contribution in [3.05, 3.63) is 36.0 Å². The highest BCUT2D eigenvalue weighted by molar-refractivity contribution is 5.88. The zero-order chi connectivity index (χ0) is 16.1. The zero-order valence-electron chi connectivity index (χ0n) is 13.3. The quantitative estimate of drug-likeness (QED) is 0.789. The van der Waals surface area contributed by atoms with E-state index in [2.05, 4.69) is 25.9 Å². The summed E-state index contributed by atoms with van der Waals surface area (Å²) < 4.78 is 0. The average Bonchev–Trinajstić information content (AvgIpc) is 2.39. The number of hydrogen-bond donors (Lipinski definition) is 3. The summed E-state index contributed by atoms with van der Waals surface area (Å²) in [6, 6.07) is 9.60. The molecule has 1 aromatic carbocycles. The molecule has 0 spiro atoms. The predicted molar refractivity (Wildman–Crippen MR) is 89.6 cm³/mol. The van der Waals surface area contributed by atoms with Crippen LogP contribution in [0.1, 0.15) is 26.5 Å². The van der Waals surface area contributed by atoms with Crippen LogP contribution < -0.4 is 16.0 Å². The van der Waals surface area contributed by atoms with Crippen molar-refractivity contribution >= 4 is 29.0 Å². The molecule has 0 bridgehead atoms. The number of aromatic nitrogens is 2. The first-order chi connectivity index (χ1) is 10.4. The van der Waals surface area contributed by atoms with E-state index in [1.54, 1.807) is 0 Å². The number of benzene rings is 1. The number of aryl methyl sites for hydroxylation is 1. The molecule has 116 valence electrons. The zero-order valence-corrected chi connectivity index (χ0v) is 13.3. The Labute approximate surface area is 130 Å². The molecule has 1 aromatic heterocycles. The number of nitrogens with zero attached hydrogens (tertiary/aromatic N) is 2. The van der Waals surface area contributed by atoms with Gasteiger partial charge in [-0.2, -0.15) is 4.98 Å². The van der Waals surface area contributed by atoms with Gasteiger partial charge in [-0.3, -0.25) is 4.79 Å². The highest BCUT2D eigenvalue weighted by Gasteiger charge is 2.04. The lowest BCUT2D eigenvalue weighted by atomic mass is 10.2. The number of rotatable bonds is 5. The summed E-state index contributed by atoms with van der Waals surface area (Å²) in [5.41, 5.74) is 2.54. The van der Waals surface area contributed by atoms with E-state index in [4.69, 9.17) is 0 Å². The molecule has 0 fully saturated rings. The summed E-state index contributed by atoms with van der Waals surface area (Å²) in [5.74, 6) is 1.24. The normalized spacial score (nSPS) is 10.4. The molecular formula is C16H21N5O. The van der Waals surface area contributed by atoms with Gasteiger partial charge in [-0.25, -0.2) is 4.98 Å². The highest BCUT2D eigenvalue weighted by atomic mass is 16.1. The summed E-state index contributed by atoms with van der Waals surface area (Å²) in [7, 11) is 0. The molecule has 1 heterocycles. The molecule has 0 radical (unpaired) electrons. The summed E-state index contributed by atoms with van der Waals surface area (Å²) in [6.07, 6.45) is 0. The molecule has 2 rings (SSSR count). The lowest BCUT2D eigenvalue weighted by molar-refractivity contribution is -0.114. The van der Waals surface area contributed by atoms with Crippen LogP contribution in [0.15, 0.2) is 30.3 Å². The molecule has 22 heavy (non-hydrogen) atoms. The number of carbonyl (C=O) groups is 1. The summed E-state index contributed by atoms with van der Waals surface area (Å²) >= 11 is 0. The average molecular weight is 299 g/mol. The Balaban J connectivity index is 2.12. The molecule has 0 unspecified atom stereocenters. The van der Waals surface area contributed by atoms with Gasteiger partial charge in [0.2, 0.25) is 11.9 Å². The fourth-order valence-electron chi connectivity index (χ4n) is 1.94. The van der Waals surface area contributed by atoms with Gasteiger partial charge in [0, 0.05) is 36.1 Å². The molecular weight excluding hydrogens is 278 g/mol. The van der Waals surface area contributed by atoms with Gasteiger partial charge < -0.3 is 16.0 Å². The molecule has 0 aliphatic heterocycles. The summed E-state index contributed by atoms with van der Waals surface area (Å²) in [5, 5.41) is 9.16. The number of hydrogen-bond acceptors (Lipinski definition) is 5. The van der Waals surface area contributed by atoms with Crippen molar-refractivity contribution in [3.63, 3.8) is 0 Å². The maximum Gasteiger partial charge on any atom is 0.225 e. The smallest absolute Gasteiger partial charge is 0.225 e. The Morgan fingerprint density at radius 1 is 1.09 bits per heavy atom. The summed E-state index contributed by atoms with van der Waals surface area (Å²) in [4.78, 5) is 19.8. The lowest BCUT2D eigenvalue weighted by Gasteiger charge is -2.12. The molecule has 2 aromatic rings. The van der Waals surface area contributed by atoms with E-state index in [1.165, 1.54) is 6.92 Å². The van der Waals surface area contributed by atoms with Gasteiger partial charge in [0.15, 0.2) is 0 Å². The second kappa shape index (κ2) is 6.89. The van der Waals surface area contributed by atoms with Gasteiger partial charge in [0.05, 0.1) is 0 Å². The van der Waals surface area contributed by atoms with E-state index < -0.39 is 0 Å². The van der Waals surface area contributed by atoms with Crippen LogP contribution in [-0.2, 0) is 4.79 Å². The van der Waals surface area contributed by atoms with Crippen LogP contribution in [0, 0.1) is 6.92 Å². The van der Waals surface area contributed by atoms with Crippen molar-refractivity contribution in [2.75, 3.05) is 16.0 Å². The van der Waals surface area contributed by atoms with Crippen LogP contribution in [0.2, 0.25) is 0 Å². The van der Waals surface area contributed by atoms with Crippen LogP contribution in [0.4, 0.5) is 23.1 Å². The van der Waals surface area contributed by atoms with E-state index in [-0.39, 0.29) is 11.9 Å². The molecule has 0 aliphatic carbocycles. The van der Waals surface area contributed by atoms with Gasteiger partial charge >= 0.3 is 0 Å². The Morgan fingerprint density at radius 3 is 2.32 bits per heavy atom. The van der Waals surface area contributed by atoms with Gasteiger partial charge in [-0.1, -0.05) is 0 Å². The van der Waals surface area contributed by atoms with Crippen molar-refractivity contribution in [2.24, 2.45) is 0 Å². The predicted octanol–water partition coefficient (Wildman–Crippen LogP) is 3.31. The molecule has 6 heteroatoms. The molecule has 0 saturated carbocycles. The molecule has 0 atom stereocenters. The molecule has 1 amide bonds. The van der Waals surface area contributed by atoms with Gasteiger partial charge in [0.1, 0.15) is 5.82 Å². The number of nitrogens with one attached hydrogen (secondary N) is 3. The van der Waals surface area contributed by atoms with E-state index in [1.807, 2.05) is 51.1 Å². The number of anilines is 4. The highest BCUT2D eigenvalue weighted by Crippen LogP contribution is 2.19. The van der Waals surface area contributed by atoms with Crippen LogP contribution in [-0.4, -0.2) is 21.9 Å². The van der Waals surface area contributed by atoms with E-state index in [9.17, 15) is 4.79 Å². The Kier molecular flexibility index (Phi) is 4.93. The van der Waals surface area contributed by atoms with Crippen LogP contribution >= 0.6 is 0 Å². The topological polar surface area (TPSA) is 78.9 Å². The van der Waals surface area contributed by atoms with Gasteiger partial charge in [-0.05, 0) is 45.0 Å². The first-order valence-electron chi connectivity index (χ1n) is 7.19. The maximum absolute atomic E-state index is 11.0. The standard InChI is InChI=1S/C16H21N5O/c1-10(2)17-16-18-11(3)9-15(21-16)20-14-7-5-13(6-8-14)19-12(4)22/h5-10H,1-4H3,(H,19,22)(H2,17,18,20,21). The molecule has 6 nitrogen and oxygen atoms in total. The minimum absolute atomic E-state index is 0.0865. The van der Waals surface area contributed by atoms with Crippen molar-refractivity contribution in [1.82, 2.24) is 9.97 Å². The molecule has 0 aliphatic rings. The van der Waals surface area contributed by atoms with Gasteiger partial charge in [-0.15, -0.1) is 0 Å². The summed E-state index contributed by atoms with van der Waals surface area (Å²) in [6.45, 7) is 7.50. The number of carbonyl (C=O) groups excluding carboxylic acids is 1. The van der Waals surface area contributed by atoms with E-state index in [0.717, 1.165) is 22.9 Å². The minimum Gasteiger partial charge on any atom is -0.352 e. The first-order valence-corrected chi connectivity index (χ1v) is 7.19. The third-order valence-electron chi connectivity index (χ3n) is 2.75. The van der Waals surface area contributed by atoms with Crippen LogP contribution in [0.25, 0.3) is 0 Å². The van der Waals surface area contributed by atoms with E-state index >= 15 is 0 Å². The van der Waals surface area contributed by atoms with E-state index in [0.29, 0.717) is 5.95 Å². The lowest BCUT2D eigenvalue weighted by Crippen LogP contribution is -2.13. The Hall–Kier alpha value is -2.63. The van der Waals surface area contributed by atoms with Crippen LogP contribution in [0.5, 0.6) is 0 Å². The Bertz CT molecular complexity index is 652. The monoisotopic (exact) mass is 299 g/mol. The molecule has 0 saturated heterocycles. The third kappa shape index (κ3) is 4.73. The first kappa shape index (κ1) is 15.8. The molecule has 3 N–H and O–H groups in total. The second-order valence-corrected chi connectivity index (χ2v) is 5.40. The van der Waals surface area contributed by atoms with Crippen molar-refractivity contribution in [3.8, 4) is 0 Å². The third-order valence-corrected chi connectivity index (χ3v) is 2.75. The fourth-order valence-corrected chi connectivity index (χ4v) is 1.94. The fraction of sp³-hybridized carbons (Fsp3) is 0.312. The minimum atomic E-state index is -0.0865. The largest absolute Gasteiger partial charge is 0.352 e. The van der Waals surface area contributed by atoms with Crippen molar-refractivity contribution < 1.29 is 4.79 Å². The number of amides is 1. The van der Waals surface area contributed by atoms with Crippen molar-refractivity contribution in [1.29, 1.82) is 0 Å². The van der Waals surface area contributed by atoms with Gasteiger partial charge in [0.25, 0.3) is 0 Å².